The van der Waals surface area contributed by atoms with Crippen molar-refractivity contribution >= 4 is 57.3 Å². The third kappa shape index (κ3) is 2.39. The van der Waals surface area contributed by atoms with Crippen LogP contribution >= 0.6 is 34.8 Å². The molecule has 0 bridgehead atoms. The van der Waals surface area contributed by atoms with Gasteiger partial charge < -0.3 is 10.2 Å². The van der Waals surface area contributed by atoms with Crippen LogP contribution in [0.5, 0.6) is 0 Å². The molecule has 0 atom stereocenters. The van der Waals surface area contributed by atoms with Gasteiger partial charge in [0, 0.05) is 24.2 Å². The average Bonchev–Trinajstić information content (AvgIpc) is 2.43. The Hall–Kier alpha value is -1.23. The number of pyridine rings is 1. The van der Waals surface area contributed by atoms with Crippen LogP contribution in [0.2, 0.25) is 15.2 Å². The van der Waals surface area contributed by atoms with Crippen LogP contribution in [0.4, 0.5) is 5.69 Å². The lowest BCUT2D eigenvalue weighted by Crippen LogP contribution is -2.47. The van der Waals surface area contributed by atoms with E-state index in [0.29, 0.717) is 33.8 Å². The maximum atomic E-state index is 11.5. The first-order valence-corrected chi connectivity index (χ1v) is 7.15. The molecule has 3 rings (SSSR count). The van der Waals surface area contributed by atoms with Crippen LogP contribution in [0.25, 0.3) is 10.9 Å². The topological polar surface area (TPSA) is 45.2 Å². The predicted molar refractivity (Wildman–Crippen MR) is 82.0 cm³/mol. The number of carbonyl (C=O) groups excluding carboxylic acids is 1. The van der Waals surface area contributed by atoms with Crippen LogP contribution in [0, 0.1) is 0 Å². The van der Waals surface area contributed by atoms with Gasteiger partial charge in [-0.25, -0.2) is 4.98 Å². The molecular formula is C13H10Cl3N3O. The van der Waals surface area contributed by atoms with Gasteiger partial charge in [-0.05, 0) is 18.2 Å². The zero-order valence-electron chi connectivity index (χ0n) is 10.3. The van der Waals surface area contributed by atoms with E-state index in [1.54, 1.807) is 12.1 Å². The van der Waals surface area contributed by atoms with E-state index in [9.17, 15) is 4.79 Å². The molecule has 104 valence electrons. The molecule has 2 heterocycles. The summed E-state index contributed by atoms with van der Waals surface area (Å²) >= 11 is 18.3. The van der Waals surface area contributed by atoms with E-state index < -0.39 is 0 Å². The Labute approximate surface area is 130 Å². The summed E-state index contributed by atoms with van der Waals surface area (Å²) in [4.78, 5) is 17.7. The Morgan fingerprint density at radius 3 is 2.80 bits per heavy atom. The number of rotatable bonds is 1. The lowest BCUT2D eigenvalue weighted by Gasteiger charge is -2.29. The van der Waals surface area contributed by atoms with Gasteiger partial charge in [0.1, 0.15) is 5.15 Å². The Morgan fingerprint density at radius 1 is 1.25 bits per heavy atom. The second-order valence-corrected chi connectivity index (χ2v) is 5.67. The van der Waals surface area contributed by atoms with E-state index in [0.717, 1.165) is 11.1 Å². The first kappa shape index (κ1) is 13.7. The molecule has 1 aromatic heterocycles. The minimum absolute atomic E-state index is 0.0163. The molecule has 1 N–H and O–H groups in total. The number of aromatic nitrogens is 1. The minimum atomic E-state index is -0.0163. The van der Waals surface area contributed by atoms with E-state index >= 15 is 0 Å². The van der Waals surface area contributed by atoms with Gasteiger partial charge in [-0.1, -0.05) is 34.8 Å². The number of nitrogens with one attached hydrogen (secondary N) is 1. The highest BCUT2D eigenvalue weighted by Crippen LogP contribution is 2.36. The molecule has 2 aromatic rings. The van der Waals surface area contributed by atoms with E-state index in [2.05, 4.69) is 10.3 Å². The normalized spacial score (nSPS) is 15.6. The number of nitrogens with zero attached hydrogens (tertiary/aromatic N) is 2. The SMILES string of the molecule is O=C1CN(c2cc(Cl)nc3c(Cl)c(Cl)ccc23)CCN1. The molecule has 1 saturated heterocycles. The summed E-state index contributed by atoms with van der Waals surface area (Å²) in [6.07, 6.45) is 0. The number of benzene rings is 1. The molecular weight excluding hydrogens is 321 g/mol. The van der Waals surface area contributed by atoms with Gasteiger partial charge in [-0.3, -0.25) is 4.79 Å². The Bertz CT molecular complexity index is 705. The average molecular weight is 331 g/mol. The largest absolute Gasteiger partial charge is 0.360 e. The fourth-order valence-corrected chi connectivity index (χ4v) is 2.84. The number of amides is 1. The van der Waals surface area contributed by atoms with Crippen molar-refractivity contribution in [2.24, 2.45) is 0 Å². The van der Waals surface area contributed by atoms with Gasteiger partial charge in [0.05, 0.1) is 22.1 Å². The molecule has 0 radical (unpaired) electrons. The number of fused-ring (bicyclic) bond motifs is 1. The van der Waals surface area contributed by atoms with Crippen LogP contribution in [0.1, 0.15) is 0 Å². The van der Waals surface area contributed by atoms with Crippen molar-refractivity contribution in [3.63, 3.8) is 0 Å². The molecule has 1 aliphatic heterocycles. The molecule has 7 heteroatoms. The monoisotopic (exact) mass is 329 g/mol. The number of anilines is 1. The third-order valence-electron chi connectivity index (χ3n) is 3.20. The van der Waals surface area contributed by atoms with Gasteiger partial charge in [0.2, 0.25) is 5.91 Å². The summed E-state index contributed by atoms with van der Waals surface area (Å²) in [6, 6.07) is 5.30. The molecule has 1 aromatic carbocycles. The molecule has 4 nitrogen and oxygen atoms in total. The van der Waals surface area contributed by atoms with Gasteiger partial charge in [-0.2, -0.15) is 0 Å². The van der Waals surface area contributed by atoms with Gasteiger partial charge >= 0.3 is 0 Å². The molecule has 0 aliphatic carbocycles. The summed E-state index contributed by atoms with van der Waals surface area (Å²) in [7, 11) is 0. The van der Waals surface area contributed by atoms with E-state index in [-0.39, 0.29) is 12.5 Å². The van der Waals surface area contributed by atoms with Crippen molar-refractivity contribution in [3.8, 4) is 0 Å². The fraction of sp³-hybridized carbons (Fsp3) is 0.231. The lowest BCUT2D eigenvalue weighted by molar-refractivity contribution is -0.120. The van der Waals surface area contributed by atoms with Crippen LogP contribution in [-0.2, 0) is 4.79 Å². The van der Waals surface area contributed by atoms with Gasteiger partial charge in [-0.15, -0.1) is 0 Å². The van der Waals surface area contributed by atoms with Crippen LogP contribution in [0.3, 0.4) is 0 Å². The smallest absolute Gasteiger partial charge is 0.239 e. The van der Waals surface area contributed by atoms with Crippen LogP contribution in [-0.4, -0.2) is 30.5 Å². The highest BCUT2D eigenvalue weighted by molar-refractivity contribution is 6.45. The number of hydrogen-bond acceptors (Lipinski definition) is 3. The molecule has 1 fully saturated rings. The molecule has 0 saturated carbocycles. The van der Waals surface area contributed by atoms with Crippen LogP contribution < -0.4 is 10.2 Å². The van der Waals surface area contributed by atoms with Gasteiger partial charge in [0.15, 0.2) is 0 Å². The summed E-state index contributed by atoms with van der Waals surface area (Å²) in [5, 5.41) is 4.74. The zero-order valence-corrected chi connectivity index (χ0v) is 12.6. The maximum absolute atomic E-state index is 11.5. The number of carbonyl (C=O) groups is 1. The maximum Gasteiger partial charge on any atom is 0.239 e. The number of halogens is 3. The van der Waals surface area contributed by atoms with Gasteiger partial charge in [0.25, 0.3) is 0 Å². The highest BCUT2D eigenvalue weighted by atomic mass is 35.5. The van der Waals surface area contributed by atoms with Crippen LogP contribution in [0.15, 0.2) is 18.2 Å². The van der Waals surface area contributed by atoms with E-state index in [1.165, 1.54) is 0 Å². The Kier molecular flexibility index (Phi) is 3.63. The second-order valence-electron chi connectivity index (χ2n) is 4.49. The fourth-order valence-electron chi connectivity index (χ4n) is 2.29. The van der Waals surface area contributed by atoms with Crippen molar-refractivity contribution in [2.75, 3.05) is 24.5 Å². The molecule has 1 amide bonds. The first-order chi connectivity index (χ1) is 9.56. The van der Waals surface area contributed by atoms with Crippen molar-refractivity contribution in [1.29, 1.82) is 0 Å². The standard InChI is InChI=1S/C13H10Cl3N3O/c14-8-2-1-7-9(19-4-3-17-11(20)6-19)5-10(15)18-13(7)12(8)16/h1-2,5H,3-4,6H2,(H,17,20). The molecule has 1 aliphatic rings. The summed E-state index contributed by atoms with van der Waals surface area (Å²) in [6.45, 7) is 1.60. The minimum Gasteiger partial charge on any atom is -0.360 e. The Morgan fingerprint density at radius 2 is 2.05 bits per heavy atom. The number of hydrogen-bond donors (Lipinski definition) is 1. The Balaban J connectivity index is 2.19. The summed E-state index contributed by atoms with van der Waals surface area (Å²) in [5.41, 5.74) is 1.39. The molecule has 20 heavy (non-hydrogen) atoms. The summed E-state index contributed by atoms with van der Waals surface area (Å²) in [5.74, 6) is -0.0163. The number of piperazine rings is 1. The van der Waals surface area contributed by atoms with Crippen molar-refractivity contribution in [2.45, 2.75) is 0 Å². The van der Waals surface area contributed by atoms with Crippen molar-refractivity contribution < 1.29 is 4.79 Å². The van der Waals surface area contributed by atoms with E-state index in [4.69, 9.17) is 34.8 Å². The van der Waals surface area contributed by atoms with Crippen molar-refractivity contribution in [1.82, 2.24) is 10.3 Å². The quantitative estimate of drug-likeness (QED) is 0.817. The molecule has 0 spiro atoms. The molecule has 0 unspecified atom stereocenters. The predicted octanol–water partition coefficient (Wildman–Crippen LogP) is 3.13. The summed E-state index contributed by atoms with van der Waals surface area (Å²) < 4.78 is 0. The third-order valence-corrected chi connectivity index (χ3v) is 4.19. The lowest BCUT2D eigenvalue weighted by atomic mass is 10.1. The highest BCUT2D eigenvalue weighted by Gasteiger charge is 2.20. The van der Waals surface area contributed by atoms with Crippen molar-refractivity contribution in [3.05, 3.63) is 33.4 Å². The first-order valence-electron chi connectivity index (χ1n) is 6.02. The second kappa shape index (κ2) is 5.28. The zero-order chi connectivity index (χ0) is 14.3. The van der Waals surface area contributed by atoms with E-state index in [1.807, 2.05) is 11.0 Å².